The van der Waals surface area contributed by atoms with Gasteiger partial charge in [0.05, 0.1) is 5.69 Å². The zero-order valence-corrected chi connectivity index (χ0v) is 9.72. The van der Waals surface area contributed by atoms with Crippen LogP contribution >= 0.6 is 0 Å². The molecule has 0 atom stereocenters. The Balaban J connectivity index is 2.68. The van der Waals surface area contributed by atoms with Gasteiger partial charge in [0, 0.05) is 11.6 Å². The SMILES string of the molecule is Cc1ccc(C)c(-c2cc(F)c(N)cc2F)c1. The number of hydrogen-bond acceptors (Lipinski definition) is 1. The second-order valence-electron chi connectivity index (χ2n) is 4.17. The topological polar surface area (TPSA) is 26.0 Å². The monoisotopic (exact) mass is 233 g/mol. The van der Waals surface area contributed by atoms with Gasteiger partial charge in [0.25, 0.3) is 0 Å². The molecule has 0 aliphatic rings. The first kappa shape index (κ1) is 11.6. The van der Waals surface area contributed by atoms with Crippen molar-refractivity contribution < 1.29 is 8.78 Å². The second kappa shape index (κ2) is 4.17. The molecule has 0 aliphatic carbocycles. The van der Waals surface area contributed by atoms with Gasteiger partial charge in [-0.3, -0.25) is 0 Å². The van der Waals surface area contributed by atoms with Crippen LogP contribution in [-0.4, -0.2) is 0 Å². The third-order valence-corrected chi connectivity index (χ3v) is 2.77. The summed E-state index contributed by atoms with van der Waals surface area (Å²) in [5.41, 5.74) is 8.00. The molecule has 2 aromatic rings. The minimum atomic E-state index is -0.595. The maximum atomic E-state index is 13.8. The highest BCUT2D eigenvalue weighted by Gasteiger charge is 2.11. The summed E-state index contributed by atoms with van der Waals surface area (Å²) in [5.74, 6) is -1.10. The van der Waals surface area contributed by atoms with Crippen molar-refractivity contribution in [1.29, 1.82) is 0 Å². The summed E-state index contributed by atoms with van der Waals surface area (Å²) in [6.07, 6.45) is 0. The van der Waals surface area contributed by atoms with Crippen LogP contribution in [0.4, 0.5) is 14.5 Å². The summed E-state index contributed by atoms with van der Waals surface area (Å²) in [6.45, 7) is 3.77. The van der Waals surface area contributed by atoms with Crippen LogP contribution in [0.2, 0.25) is 0 Å². The van der Waals surface area contributed by atoms with Gasteiger partial charge in [0.1, 0.15) is 11.6 Å². The maximum absolute atomic E-state index is 13.8. The highest BCUT2D eigenvalue weighted by molar-refractivity contribution is 5.70. The summed E-state index contributed by atoms with van der Waals surface area (Å²) >= 11 is 0. The third kappa shape index (κ3) is 2.13. The van der Waals surface area contributed by atoms with Gasteiger partial charge in [-0.15, -0.1) is 0 Å². The Labute approximate surface area is 98.9 Å². The summed E-state index contributed by atoms with van der Waals surface area (Å²) in [6, 6.07) is 7.82. The summed E-state index contributed by atoms with van der Waals surface area (Å²) < 4.78 is 27.2. The Hall–Kier alpha value is -1.90. The number of hydrogen-bond donors (Lipinski definition) is 1. The van der Waals surface area contributed by atoms with E-state index in [2.05, 4.69) is 0 Å². The molecule has 0 saturated heterocycles. The maximum Gasteiger partial charge on any atom is 0.146 e. The Kier molecular flexibility index (Phi) is 2.84. The lowest BCUT2D eigenvalue weighted by atomic mass is 9.97. The molecule has 2 rings (SSSR count). The van der Waals surface area contributed by atoms with Gasteiger partial charge >= 0.3 is 0 Å². The Bertz CT molecular complexity index is 577. The summed E-state index contributed by atoms with van der Waals surface area (Å²) in [4.78, 5) is 0. The molecule has 0 aliphatic heterocycles. The van der Waals surface area contributed by atoms with Gasteiger partial charge in [0.15, 0.2) is 0 Å². The molecule has 1 nitrogen and oxygen atoms in total. The number of halogens is 2. The molecule has 0 unspecified atom stereocenters. The van der Waals surface area contributed by atoms with Crippen LogP contribution in [0.3, 0.4) is 0 Å². The molecule has 3 heteroatoms. The van der Waals surface area contributed by atoms with Gasteiger partial charge in [-0.05, 0) is 31.0 Å². The molecule has 0 saturated carbocycles. The zero-order valence-electron chi connectivity index (χ0n) is 9.72. The number of rotatable bonds is 1. The van der Waals surface area contributed by atoms with Crippen LogP contribution < -0.4 is 5.73 Å². The van der Waals surface area contributed by atoms with Gasteiger partial charge in [-0.2, -0.15) is 0 Å². The molecular weight excluding hydrogens is 220 g/mol. The van der Waals surface area contributed by atoms with Crippen molar-refractivity contribution in [3.05, 3.63) is 53.1 Å². The van der Waals surface area contributed by atoms with Crippen molar-refractivity contribution in [2.75, 3.05) is 5.73 Å². The van der Waals surface area contributed by atoms with Crippen molar-refractivity contribution in [2.45, 2.75) is 13.8 Å². The number of aryl methyl sites for hydroxylation is 2. The summed E-state index contributed by atoms with van der Waals surface area (Å²) in [7, 11) is 0. The molecule has 0 amide bonds. The number of nitrogens with two attached hydrogens (primary N) is 1. The first-order valence-electron chi connectivity index (χ1n) is 5.31. The quantitative estimate of drug-likeness (QED) is 0.744. The number of nitrogen functional groups attached to an aromatic ring is 1. The van der Waals surface area contributed by atoms with Gasteiger partial charge < -0.3 is 5.73 Å². The van der Waals surface area contributed by atoms with Crippen molar-refractivity contribution >= 4 is 5.69 Å². The van der Waals surface area contributed by atoms with Gasteiger partial charge in [0.2, 0.25) is 0 Å². The normalized spacial score (nSPS) is 10.6. The average Bonchev–Trinajstić information content (AvgIpc) is 2.27. The van der Waals surface area contributed by atoms with E-state index in [0.29, 0.717) is 5.56 Å². The van der Waals surface area contributed by atoms with Crippen LogP contribution in [0.1, 0.15) is 11.1 Å². The van der Waals surface area contributed by atoms with E-state index in [0.717, 1.165) is 23.3 Å². The fourth-order valence-electron chi connectivity index (χ4n) is 1.79. The van der Waals surface area contributed by atoms with E-state index in [4.69, 9.17) is 5.73 Å². The van der Waals surface area contributed by atoms with E-state index in [9.17, 15) is 8.78 Å². The predicted molar refractivity (Wildman–Crippen MR) is 65.7 cm³/mol. The Morgan fingerprint density at radius 2 is 1.59 bits per heavy atom. The zero-order chi connectivity index (χ0) is 12.6. The fourth-order valence-corrected chi connectivity index (χ4v) is 1.79. The summed E-state index contributed by atoms with van der Waals surface area (Å²) in [5, 5.41) is 0. The molecule has 0 fully saturated rings. The lowest BCUT2D eigenvalue weighted by Gasteiger charge is -2.09. The smallest absolute Gasteiger partial charge is 0.146 e. The van der Waals surface area contributed by atoms with Crippen LogP contribution in [-0.2, 0) is 0 Å². The predicted octanol–water partition coefficient (Wildman–Crippen LogP) is 3.83. The largest absolute Gasteiger partial charge is 0.396 e. The number of benzene rings is 2. The highest BCUT2D eigenvalue weighted by atomic mass is 19.1. The molecule has 2 aromatic carbocycles. The van der Waals surface area contributed by atoms with Crippen molar-refractivity contribution in [3.63, 3.8) is 0 Å². The molecule has 0 heterocycles. The van der Waals surface area contributed by atoms with E-state index >= 15 is 0 Å². The molecule has 0 radical (unpaired) electrons. The van der Waals surface area contributed by atoms with Crippen molar-refractivity contribution in [3.8, 4) is 11.1 Å². The average molecular weight is 233 g/mol. The molecule has 0 aromatic heterocycles. The minimum absolute atomic E-state index is 0.170. The van der Waals surface area contributed by atoms with Crippen molar-refractivity contribution in [2.24, 2.45) is 0 Å². The Morgan fingerprint density at radius 3 is 2.29 bits per heavy atom. The molecule has 0 bridgehead atoms. The van der Waals surface area contributed by atoms with E-state index < -0.39 is 11.6 Å². The van der Waals surface area contributed by atoms with Gasteiger partial charge in [-0.1, -0.05) is 23.8 Å². The second-order valence-corrected chi connectivity index (χ2v) is 4.17. The van der Waals surface area contributed by atoms with Crippen LogP contribution in [0.15, 0.2) is 30.3 Å². The van der Waals surface area contributed by atoms with E-state index in [1.54, 1.807) is 0 Å². The van der Waals surface area contributed by atoms with Crippen LogP contribution in [0, 0.1) is 25.5 Å². The molecule has 17 heavy (non-hydrogen) atoms. The lowest BCUT2D eigenvalue weighted by Crippen LogP contribution is -1.96. The Morgan fingerprint density at radius 1 is 0.882 bits per heavy atom. The lowest BCUT2D eigenvalue weighted by molar-refractivity contribution is 0.607. The molecule has 2 N–H and O–H groups in total. The first-order valence-corrected chi connectivity index (χ1v) is 5.31. The molecular formula is C14H13F2N. The van der Waals surface area contributed by atoms with Crippen LogP contribution in [0.25, 0.3) is 11.1 Å². The van der Waals surface area contributed by atoms with Gasteiger partial charge in [-0.25, -0.2) is 8.78 Å². The fraction of sp³-hybridized carbons (Fsp3) is 0.143. The molecule has 88 valence electrons. The van der Waals surface area contributed by atoms with E-state index in [1.807, 2.05) is 32.0 Å². The number of anilines is 1. The van der Waals surface area contributed by atoms with Crippen molar-refractivity contribution in [1.82, 2.24) is 0 Å². The van der Waals surface area contributed by atoms with Crippen LogP contribution in [0.5, 0.6) is 0 Å². The van der Waals surface area contributed by atoms with E-state index in [-0.39, 0.29) is 11.3 Å². The third-order valence-electron chi connectivity index (χ3n) is 2.77. The standard InChI is InChI=1S/C14H13F2N/c1-8-3-4-9(2)10(5-8)11-6-13(16)14(17)7-12(11)15/h3-7H,17H2,1-2H3. The highest BCUT2D eigenvalue weighted by Crippen LogP contribution is 2.29. The first-order chi connectivity index (χ1) is 7.99. The minimum Gasteiger partial charge on any atom is -0.396 e. The molecule has 0 spiro atoms. The van der Waals surface area contributed by atoms with E-state index in [1.165, 1.54) is 0 Å².